The first-order valence-corrected chi connectivity index (χ1v) is 26.9. The molecule has 0 amide bonds. The van der Waals surface area contributed by atoms with Crippen molar-refractivity contribution < 1.29 is 24.7 Å². The van der Waals surface area contributed by atoms with Crippen LogP contribution in [-0.2, 0) is 59.0 Å². The van der Waals surface area contributed by atoms with E-state index >= 15 is 0 Å². The number of aromatic nitrogens is 6. The first-order chi connectivity index (χ1) is 35.9. The van der Waals surface area contributed by atoms with Crippen molar-refractivity contribution in [3.05, 3.63) is 228 Å². The minimum atomic E-state index is 0. The van der Waals surface area contributed by atoms with Crippen LogP contribution in [0.15, 0.2) is 164 Å². The average Bonchev–Trinajstić information content (AvgIpc) is 4.15. The van der Waals surface area contributed by atoms with Crippen molar-refractivity contribution in [3.8, 4) is 39.9 Å². The van der Waals surface area contributed by atoms with Crippen LogP contribution in [0.3, 0.4) is 0 Å². The van der Waals surface area contributed by atoms with E-state index in [0.29, 0.717) is 30.2 Å². The molecule has 384 valence electrons. The molecule has 0 radical (unpaired) electrons. The van der Waals surface area contributed by atoms with Gasteiger partial charge in [-0.25, -0.2) is 4.57 Å². The van der Waals surface area contributed by atoms with Crippen molar-refractivity contribution >= 4 is 21.8 Å². The minimum Gasteiger partial charge on any atom is -0.370 e. The average molecular weight is 1170 g/mol. The van der Waals surface area contributed by atoms with Crippen molar-refractivity contribution in [1.29, 1.82) is 0 Å². The summed E-state index contributed by atoms with van der Waals surface area (Å²) in [6, 6.07) is 57.9. The number of hydrogen-bond acceptors (Lipinski definition) is 2. The van der Waals surface area contributed by atoms with Gasteiger partial charge in [-0.05, 0) is 112 Å². The molecule has 3 heterocycles. The van der Waals surface area contributed by atoms with E-state index < -0.39 is 0 Å². The Morgan fingerprint density at radius 3 is 1.65 bits per heavy atom. The maximum absolute atomic E-state index is 5.14. The van der Waals surface area contributed by atoms with Gasteiger partial charge in [-0.2, -0.15) is 6.42 Å². The number of fused-ring (bicyclic) bond motifs is 3. The maximum atomic E-state index is 5.14. The van der Waals surface area contributed by atoms with Crippen molar-refractivity contribution in [2.24, 2.45) is 0 Å². The number of hydrogen-bond donors (Lipinski definition) is 0. The molecule has 7 aromatic carbocycles. The molecule has 10 aromatic rings. The zero-order valence-electron chi connectivity index (χ0n) is 45.6. The smallest absolute Gasteiger partial charge is 0.370 e. The molecule has 0 saturated carbocycles. The Balaban J connectivity index is 0.000000197. The summed E-state index contributed by atoms with van der Waals surface area (Å²) in [7, 11) is 0. The van der Waals surface area contributed by atoms with Crippen molar-refractivity contribution in [2.75, 3.05) is 0 Å². The minimum absolute atomic E-state index is 0. The molecule has 0 atom stereocenters. The van der Waals surface area contributed by atoms with Crippen LogP contribution in [0.2, 0.25) is 0 Å². The van der Waals surface area contributed by atoms with Crippen LogP contribution in [0, 0.1) is 26.8 Å². The van der Waals surface area contributed by atoms with Crippen LogP contribution in [0.1, 0.15) is 124 Å². The molecule has 0 unspecified atom stereocenters. The third kappa shape index (κ3) is 11.3. The normalized spacial score (nSPS) is 11.6. The van der Waals surface area contributed by atoms with Crippen molar-refractivity contribution in [1.82, 2.24) is 23.9 Å². The molecular formula is C68H74IrN6+. The predicted octanol–water partition coefficient (Wildman–Crippen LogP) is 16.4. The third-order valence-corrected chi connectivity index (χ3v) is 14.9. The molecule has 0 aliphatic rings. The summed E-state index contributed by atoms with van der Waals surface area (Å²) < 4.78 is 9.08. The summed E-state index contributed by atoms with van der Waals surface area (Å²) in [4.78, 5) is 4.73. The van der Waals surface area contributed by atoms with Crippen LogP contribution in [-0.4, -0.2) is 23.9 Å². The fourth-order valence-corrected chi connectivity index (χ4v) is 11.2. The molecule has 0 fully saturated rings. The fourth-order valence-electron chi connectivity index (χ4n) is 11.2. The van der Waals surface area contributed by atoms with E-state index in [1.54, 1.807) is 0 Å². The first-order valence-electron chi connectivity index (χ1n) is 26.9. The van der Waals surface area contributed by atoms with Gasteiger partial charge >= 0.3 is 25.9 Å². The maximum Gasteiger partial charge on any atom is 3.00 e. The monoisotopic (exact) mass is 1170 g/mol. The molecule has 75 heavy (non-hydrogen) atoms. The Bertz CT molecular complexity index is 3400. The quantitative estimate of drug-likeness (QED) is 0.0715. The van der Waals surface area contributed by atoms with E-state index in [9.17, 15) is 0 Å². The van der Waals surface area contributed by atoms with Crippen LogP contribution < -0.4 is 4.57 Å². The number of para-hydroxylation sites is 2. The van der Waals surface area contributed by atoms with E-state index in [4.69, 9.17) is 10.1 Å². The van der Waals surface area contributed by atoms with E-state index in [-0.39, 0.29) is 20.1 Å². The van der Waals surface area contributed by atoms with Gasteiger partial charge in [-0.3, -0.25) is 4.98 Å². The number of nitrogens with zero attached hydrogens (tertiary/aromatic N) is 6. The molecule has 0 N–H and O–H groups in total. The topological polar surface area (TPSA) is 44.5 Å². The Labute approximate surface area is 460 Å². The summed E-state index contributed by atoms with van der Waals surface area (Å²) in [5, 5.41) is 7.67. The SMILES string of the molecule is CC(C)c1cccc(C(C)C)c1CCn1ccnc1-c1[c-]cc(-n2c3ccccc3c3ccccc32)cc1.[CH2-]Cc1ccccc1-c1n(C[CH2-])nc(-c2ccccc2C)[n+]1CCc1c(C(C)C)cccc1C(C)C.[Ir+3]. The van der Waals surface area contributed by atoms with Crippen LogP contribution in [0.25, 0.3) is 61.7 Å². The van der Waals surface area contributed by atoms with E-state index in [0.717, 1.165) is 61.1 Å². The summed E-state index contributed by atoms with van der Waals surface area (Å²) >= 11 is 0. The molecular weight excluding hydrogens is 1090 g/mol. The molecule has 0 bridgehead atoms. The fraction of sp³-hybridized carbons (Fsp3) is 0.279. The Morgan fingerprint density at radius 2 is 1.12 bits per heavy atom. The van der Waals surface area contributed by atoms with Gasteiger partial charge in [0.1, 0.15) is 0 Å². The van der Waals surface area contributed by atoms with Crippen LogP contribution in [0.5, 0.6) is 0 Å². The molecule has 0 saturated heterocycles. The van der Waals surface area contributed by atoms with Crippen LogP contribution in [0.4, 0.5) is 0 Å². The zero-order valence-corrected chi connectivity index (χ0v) is 48.0. The second-order valence-corrected chi connectivity index (χ2v) is 21.0. The predicted molar refractivity (Wildman–Crippen MR) is 310 cm³/mol. The second kappa shape index (κ2) is 24.3. The summed E-state index contributed by atoms with van der Waals surface area (Å²) in [6.45, 7) is 31.2. The molecule has 0 spiro atoms. The van der Waals surface area contributed by atoms with Gasteiger partial charge in [-0.1, -0.05) is 170 Å². The second-order valence-electron chi connectivity index (χ2n) is 21.0. The van der Waals surface area contributed by atoms with Gasteiger partial charge in [0.05, 0.1) is 23.5 Å². The van der Waals surface area contributed by atoms with Gasteiger partial charge in [0.15, 0.2) is 0 Å². The largest absolute Gasteiger partial charge is 3.00 e. The van der Waals surface area contributed by atoms with Crippen LogP contribution >= 0.6 is 0 Å². The molecule has 10 rings (SSSR count). The van der Waals surface area contributed by atoms with Gasteiger partial charge in [0.25, 0.3) is 5.82 Å². The summed E-state index contributed by atoms with van der Waals surface area (Å²) in [6.07, 6.45) is 6.67. The number of benzene rings is 7. The Hall–Kier alpha value is -6.66. The summed E-state index contributed by atoms with van der Waals surface area (Å²) in [5.74, 6) is 5.04. The van der Waals surface area contributed by atoms with E-state index in [1.165, 1.54) is 77.4 Å². The van der Waals surface area contributed by atoms with E-state index in [1.807, 2.05) is 6.20 Å². The van der Waals surface area contributed by atoms with Gasteiger partial charge in [-0.15, -0.1) is 34.5 Å². The zero-order chi connectivity index (χ0) is 52.0. The molecule has 6 nitrogen and oxygen atoms in total. The number of aryl methyl sites for hydroxylation is 2. The van der Waals surface area contributed by atoms with Gasteiger partial charge < -0.3 is 23.0 Å². The molecule has 3 aromatic heterocycles. The third-order valence-electron chi connectivity index (χ3n) is 14.9. The summed E-state index contributed by atoms with van der Waals surface area (Å²) in [5.41, 5.74) is 18.1. The Morgan fingerprint density at radius 1 is 0.587 bits per heavy atom. The van der Waals surface area contributed by atoms with Gasteiger partial charge in [0, 0.05) is 52.3 Å². The van der Waals surface area contributed by atoms with Gasteiger partial charge in [0.2, 0.25) is 0 Å². The van der Waals surface area contributed by atoms with Crippen molar-refractivity contribution in [3.63, 3.8) is 0 Å². The standard InChI is InChI=1S/C35H34N3.C33H40N3.Ir/c1-24(2)28-12-9-13-29(25(3)4)30(28)20-22-37-23-21-36-35(37)26-16-18-27(19-17-26)38-33-14-7-5-10-31(33)32-11-6-8-15-34(32)38;1-8-26-16-11-13-18-30(26)33-35(32(34-36(33)9-2)29-17-12-10-15-25(29)7)22-21-31-27(23(3)4)19-14-20-28(31)24(5)6;/h5-16,18-19,21,23-25H,20,22H2,1-4H3;10-20,23-24H,1-2,8-9,21-22H2,3-7H3;/q2*-1;+3. The number of imidazole rings is 1. The molecule has 0 aliphatic carbocycles. The first kappa shape index (κ1) is 54.6. The molecule has 7 heteroatoms. The molecule has 0 aliphatic heterocycles. The number of rotatable bonds is 16. The Kier molecular flexibility index (Phi) is 17.7. The van der Waals surface area contributed by atoms with E-state index in [2.05, 4.69) is 258 Å². The van der Waals surface area contributed by atoms with Crippen molar-refractivity contribution in [2.45, 2.75) is 125 Å².